The Labute approximate surface area is 106 Å². The van der Waals surface area contributed by atoms with Crippen molar-refractivity contribution in [3.63, 3.8) is 0 Å². The molecule has 0 unspecified atom stereocenters. The van der Waals surface area contributed by atoms with Gasteiger partial charge in [-0.1, -0.05) is 6.58 Å². The third-order valence-electron chi connectivity index (χ3n) is 0.201. The molecule has 0 aromatic rings. The van der Waals surface area contributed by atoms with Crippen molar-refractivity contribution in [3.8, 4) is 0 Å². The molecule has 0 spiro atoms. The Morgan fingerprint density at radius 3 is 1.73 bits per heavy atom. The molecule has 0 radical (unpaired) electrons. The van der Waals surface area contributed by atoms with E-state index >= 15 is 0 Å². The maximum absolute atomic E-state index is 9.47. The molecule has 0 aromatic heterocycles. The van der Waals surface area contributed by atoms with Gasteiger partial charge in [0.2, 0.25) is 5.91 Å². The van der Waals surface area contributed by atoms with Crippen molar-refractivity contribution in [2.24, 2.45) is 5.73 Å². The summed E-state index contributed by atoms with van der Waals surface area (Å²) in [6.45, 7) is 3.09. The summed E-state index contributed by atoms with van der Waals surface area (Å²) in [6.07, 6.45) is 1.06. The number of hydrogen-bond acceptors (Lipinski definition) is 3. The largest absolute Gasteiger partial charge is 1.00 e. The molecule has 0 aromatic carbocycles. The van der Waals surface area contributed by atoms with Crippen LogP contribution < -0.4 is 62.0 Å². The normalized spacial score (nSPS) is 8.27. The molecule has 0 aliphatic heterocycles. The maximum Gasteiger partial charge on any atom is 1.00 e. The number of hydrogen-bond donors (Lipinski definition) is 3. The maximum atomic E-state index is 9.47. The molecule has 0 rings (SSSR count). The molecule has 0 heterocycles. The Morgan fingerprint density at radius 1 is 1.64 bits per heavy atom. The number of amides is 1. The monoisotopic (exact) mass is 207 g/mol. The Morgan fingerprint density at radius 2 is 1.73 bits per heavy atom. The van der Waals surface area contributed by atoms with Crippen LogP contribution in [-0.2, 0) is 9.36 Å². The van der Waals surface area contributed by atoms with E-state index in [1.165, 1.54) is 0 Å². The summed E-state index contributed by atoms with van der Waals surface area (Å²) in [5, 5.41) is 0. The zero-order valence-electron chi connectivity index (χ0n) is 5.93. The van der Waals surface area contributed by atoms with Gasteiger partial charge in [0.25, 0.3) is 7.82 Å². The molecule has 0 aliphatic rings. The fraction of sp³-hybridized carbons (Fsp3) is 0. The van der Waals surface area contributed by atoms with Gasteiger partial charge in [-0.3, -0.25) is 9.36 Å². The summed E-state index contributed by atoms with van der Waals surface area (Å²) >= 11 is 0. The minimum atomic E-state index is -4.89. The summed E-state index contributed by atoms with van der Waals surface area (Å²) in [5.74, 6) is -0.481. The van der Waals surface area contributed by atoms with Gasteiger partial charge in [0.1, 0.15) is 0 Å². The first-order valence-electron chi connectivity index (χ1n) is 1.95. The van der Waals surface area contributed by atoms with Crippen LogP contribution in [0.4, 0.5) is 0 Å². The van der Waals surface area contributed by atoms with Gasteiger partial charge in [0, 0.05) is 0 Å². The standard InChI is InChI=1S/C3H5NO.K.H3O4P/c1-2-3(4)5;;1-5(2,3)4/h2H,1H2,(H2,4,5);;(H3,1,2,3,4)/q;+1;/p-1. The molecule has 8 heteroatoms. The number of carbonyl (C=O) groups is 1. The van der Waals surface area contributed by atoms with Gasteiger partial charge in [0.15, 0.2) is 0 Å². The number of primary amides is 1. The fourth-order valence-electron chi connectivity index (χ4n) is 0. The van der Waals surface area contributed by atoms with Gasteiger partial charge in [-0.2, -0.15) is 0 Å². The van der Waals surface area contributed by atoms with Crippen molar-refractivity contribution in [3.05, 3.63) is 12.7 Å². The van der Waals surface area contributed by atoms with E-state index in [4.69, 9.17) is 19.2 Å². The van der Waals surface area contributed by atoms with E-state index in [1.807, 2.05) is 0 Å². The van der Waals surface area contributed by atoms with E-state index in [9.17, 15) is 4.79 Å². The molecular weight excluding hydrogens is 200 g/mol. The molecule has 60 valence electrons. The van der Waals surface area contributed by atoms with Crippen molar-refractivity contribution in [2.75, 3.05) is 0 Å². The minimum Gasteiger partial charge on any atom is -0.756 e. The van der Waals surface area contributed by atoms with Crippen molar-refractivity contribution >= 4 is 13.7 Å². The summed E-state index contributed by atoms with van der Waals surface area (Å²) < 4.78 is 8.77. The van der Waals surface area contributed by atoms with Crippen LogP contribution in [0.25, 0.3) is 0 Å². The van der Waals surface area contributed by atoms with Crippen LogP contribution in [0.15, 0.2) is 12.7 Å². The van der Waals surface area contributed by atoms with E-state index in [2.05, 4.69) is 12.3 Å². The average molecular weight is 207 g/mol. The molecule has 0 saturated carbocycles. The molecule has 0 bridgehead atoms. The predicted molar refractivity (Wildman–Crippen MR) is 31.4 cm³/mol. The van der Waals surface area contributed by atoms with Gasteiger partial charge < -0.3 is 20.4 Å². The molecule has 0 atom stereocenters. The minimum absolute atomic E-state index is 0. The van der Waals surface area contributed by atoms with Crippen LogP contribution in [0.5, 0.6) is 0 Å². The van der Waals surface area contributed by atoms with Gasteiger partial charge in [0.05, 0.1) is 0 Å². The molecule has 0 fully saturated rings. The van der Waals surface area contributed by atoms with Crippen molar-refractivity contribution in [1.29, 1.82) is 0 Å². The van der Waals surface area contributed by atoms with Crippen LogP contribution in [0.2, 0.25) is 0 Å². The second-order valence-corrected chi connectivity index (χ2v) is 2.08. The second-order valence-electron chi connectivity index (χ2n) is 1.10. The first kappa shape index (κ1) is 17.9. The summed E-state index contributed by atoms with van der Waals surface area (Å²) in [4.78, 5) is 32.4. The SMILES string of the molecule is C=CC(N)=O.O=P([O-])(O)O.[K+]. The summed E-state index contributed by atoms with van der Waals surface area (Å²) in [5.41, 5.74) is 4.53. The molecule has 11 heavy (non-hydrogen) atoms. The summed E-state index contributed by atoms with van der Waals surface area (Å²) in [6, 6.07) is 0. The van der Waals surface area contributed by atoms with Crippen LogP contribution in [0.3, 0.4) is 0 Å². The van der Waals surface area contributed by atoms with Crippen LogP contribution in [0.1, 0.15) is 0 Å². The molecule has 6 nitrogen and oxygen atoms in total. The first-order valence-corrected chi connectivity index (χ1v) is 3.49. The van der Waals surface area contributed by atoms with Gasteiger partial charge in [-0.25, -0.2) is 0 Å². The first-order chi connectivity index (χ1) is 4.27. The Kier molecular flexibility index (Phi) is 14.7. The molecule has 4 N–H and O–H groups in total. The van der Waals surface area contributed by atoms with Gasteiger partial charge in [-0.05, 0) is 6.08 Å². The van der Waals surface area contributed by atoms with Crippen molar-refractivity contribution in [1.82, 2.24) is 0 Å². The van der Waals surface area contributed by atoms with Crippen molar-refractivity contribution in [2.45, 2.75) is 0 Å². The zero-order valence-corrected chi connectivity index (χ0v) is 9.95. The van der Waals surface area contributed by atoms with Gasteiger partial charge >= 0.3 is 51.4 Å². The number of rotatable bonds is 1. The Hall–Kier alpha value is 0.956. The topological polar surface area (TPSA) is 124 Å². The zero-order chi connectivity index (χ0) is 8.78. The van der Waals surface area contributed by atoms with Crippen molar-refractivity contribution < 1.29 is 75.4 Å². The second kappa shape index (κ2) is 9.05. The van der Waals surface area contributed by atoms with E-state index in [0.29, 0.717) is 0 Å². The van der Waals surface area contributed by atoms with E-state index in [-0.39, 0.29) is 51.4 Å². The Balaban J connectivity index is -0.000000107. The fourth-order valence-corrected chi connectivity index (χ4v) is 0. The number of phosphoric acid groups is 1. The quantitative estimate of drug-likeness (QED) is 0.226. The molecule has 1 amide bonds. The molecule has 0 aliphatic carbocycles. The Bertz CT molecular complexity index is 157. The van der Waals surface area contributed by atoms with E-state index in [0.717, 1.165) is 6.08 Å². The van der Waals surface area contributed by atoms with Crippen LogP contribution in [-0.4, -0.2) is 15.7 Å². The number of carbonyl (C=O) groups excluding carboxylic acids is 1. The summed E-state index contributed by atoms with van der Waals surface area (Å²) in [7, 11) is -4.89. The smallest absolute Gasteiger partial charge is 0.756 e. The third-order valence-corrected chi connectivity index (χ3v) is 0.201. The molecular formula is C3H7KNO5P. The van der Waals surface area contributed by atoms with E-state index in [1.54, 1.807) is 0 Å². The average Bonchev–Trinajstić information content (AvgIpc) is 1.61. The molecule has 0 saturated heterocycles. The van der Waals surface area contributed by atoms with E-state index < -0.39 is 13.7 Å². The van der Waals surface area contributed by atoms with Crippen LogP contribution >= 0.6 is 7.82 Å². The predicted octanol–water partition coefficient (Wildman–Crippen LogP) is -4.90. The third kappa shape index (κ3) is 101. The van der Waals surface area contributed by atoms with Crippen LogP contribution in [0, 0.1) is 0 Å². The van der Waals surface area contributed by atoms with Gasteiger partial charge in [-0.15, -0.1) is 0 Å². The number of nitrogens with two attached hydrogens (primary N) is 1.